The second kappa shape index (κ2) is 11.4. The number of anilines is 3. The number of piperidine rings is 1. The minimum absolute atomic E-state index is 0.265. The lowest BCUT2D eigenvalue weighted by Gasteiger charge is -2.25. The molecular formula is C29H28FN7O2S. The zero-order valence-electron chi connectivity index (χ0n) is 22.1. The third-order valence-corrected chi connectivity index (χ3v) is 7.66. The Labute approximate surface area is 234 Å². The highest BCUT2D eigenvalue weighted by Gasteiger charge is 2.17. The molecular weight excluding hydrogens is 529 g/mol. The van der Waals surface area contributed by atoms with E-state index in [0.29, 0.717) is 34.1 Å². The maximum absolute atomic E-state index is 15.2. The molecule has 0 aliphatic carbocycles. The van der Waals surface area contributed by atoms with E-state index in [1.54, 1.807) is 31.6 Å². The second-order valence-corrected chi connectivity index (χ2v) is 10.5. The summed E-state index contributed by atoms with van der Waals surface area (Å²) < 4.78 is 26.7. The summed E-state index contributed by atoms with van der Waals surface area (Å²) >= 11 is 1.37. The molecule has 3 aromatic heterocycles. The molecule has 11 heteroatoms. The van der Waals surface area contributed by atoms with Gasteiger partial charge in [-0.1, -0.05) is 17.4 Å². The highest BCUT2D eigenvalue weighted by molar-refractivity contribution is 7.16. The van der Waals surface area contributed by atoms with Crippen LogP contribution in [0.15, 0.2) is 61.2 Å². The lowest BCUT2D eigenvalue weighted by Crippen LogP contribution is -2.35. The summed E-state index contributed by atoms with van der Waals surface area (Å²) in [6.07, 6.45) is 7.00. The van der Waals surface area contributed by atoms with Crippen molar-refractivity contribution in [1.29, 1.82) is 0 Å². The van der Waals surface area contributed by atoms with Gasteiger partial charge in [0.25, 0.3) is 5.19 Å². The predicted molar refractivity (Wildman–Crippen MR) is 155 cm³/mol. The molecule has 9 nitrogen and oxygen atoms in total. The molecule has 204 valence electrons. The van der Waals surface area contributed by atoms with Gasteiger partial charge in [-0.05, 0) is 57.1 Å². The number of hydrogen-bond acceptors (Lipinski definition) is 10. The van der Waals surface area contributed by atoms with E-state index in [1.807, 2.05) is 31.2 Å². The molecule has 0 amide bonds. The van der Waals surface area contributed by atoms with Crippen LogP contribution in [0.4, 0.5) is 21.6 Å². The maximum atomic E-state index is 15.2. The third-order valence-electron chi connectivity index (χ3n) is 6.73. The van der Waals surface area contributed by atoms with Crippen LogP contribution in [0, 0.1) is 12.7 Å². The molecule has 1 aliphatic rings. The van der Waals surface area contributed by atoms with Crippen molar-refractivity contribution in [3.8, 4) is 27.1 Å². The average Bonchev–Trinajstić information content (AvgIpc) is 3.43. The number of benzene rings is 2. The molecule has 4 heterocycles. The van der Waals surface area contributed by atoms with Crippen LogP contribution < -0.4 is 25.4 Å². The summed E-state index contributed by atoms with van der Waals surface area (Å²) in [7, 11) is 1.64. The zero-order chi connectivity index (χ0) is 27.5. The van der Waals surface area contributed by atoms with E-state index in [0.717, 1.165) is 53.1 Å². The SMILES string of the molecule is COc1cc2ncnc(Nc3ccc(Oc4ncc(-c5ccc(C)nc5)s4)cc3F)c2cc1NC1CCNCC1. The Morgan fingerprint density at radius 1 is 0.975 bits per heavy atom. The van der Waals surface area contributed by atoms with Crippen molar-refractivity contribution >= 4 is 39.4 Å². The first kappa shape index (κ1) is 25.9. The lowest BCUT2D eigenvalue weighted by molar-refractivity contribution is 0.414. The van der Waals surface area contributed by atoms with Crippen molar-refractivity contribution in [3.63, 3.8) is 0 Å². The summed E-state index contributed by atoms with van der Waals surface area (Å²) in [5.41, 5.74) is 3.70. The first-order valence-electron chi connectivity index (χ1n) is 13.0. The average molecular weight is 558 g/mol. The molecule has 5 aromatic rings. The number of aromatic nitrogens is 4. The Morgan fingerprint density at radius 3 is 2.62 bits per heavy atom. The number of fused-ring (bicyclic) bond motifs is 1. The molecule has 0 saturated carbocycles. The van der Waals surface area contributed by atoms with E-state index >= 15 is 4.39 Å². The van der Waals surface area contributed by atoms with Crippen LogP contribution in [-0.4, -0.2) is 46.2 Å². The molecule has 2 aromatic carbocycles. The van der Waals surface area contributed by atoms with E-state index in [4.69, 9.17) is 9.47 Å². The van der Waals surface area contributed by atoms with Crippen molar-refractivity contribution < 1.29 is 13.9 Å². The normalized spacial score (nSPS) is 13.8. The van der Waals surface area contributed by atoms with E-state index in [9.17, 15) is 0 Å². The van der Waals surface area contributed by atoms with Crippen LogP contribution in [0.5, 0.6) is 16.7 Å². The van der Waals surface area contributed by atoms with Gasteiger partial charge in [0.1, 0.15) is 29.5 Å². The number of pyridine rings is 1. The molecule has 0 spiro atoms. The molecule has 40 heavy (non-hydrogen) atoms. The summed E-state index contributed by atoms with van der Waals surface area (Å²) in [5.74, 6) is 1.05. The largest absolute Gasteiger partial charge is 0.495 e. The fourth-order valence-corrected chi connectivity index (χ4v) is 5.37. The fourth-order valence-electron chi connectivity index (χ4n) is 4.59. The number of methoxy groups -OCH3 is 1. The molecule has 1 saturated heterocycles. The van der Waals surface area contributed by atoms with Gasteiger partial charge in [-0.15, -0.1) is 0 Å². The standard InChI is InChI=1S/C29H28FN7O2S/c1-17-3-4-18(14-32-17)27-15-33-29(40-27)39-20-5-6-23(22(30)11-20)37-28-21-12-25(36-19-7-9-31-10-8-19)26(38-2)13-24(21)34-16-35-28/h3-6,11-16,19,31,36H,7-10H2,1-2H3,(H,34,35,37). The smallest absolute Gasteiger partial charge is 0.279 e. The molecule has 0 bridgehead atoms. The van der Waals surface area contributed by atoms with Gasteiger partial charge in [0.15, 0.2) is 0 Å². The summed E-state index contributed by atoms with van der Waals surface area (Å²) in [4.78, 5) is 18.4. The van der Waals surface area contributed by atoms with Crippen LogP contribution >= 0.6 is 11.3 Å². The van der Waals surface area contributed by atoms with Crippen LogP contribution in [0.25, 0.3) is 21.3 Å². The number of thiazole rings is 1. The molecule has 0 radical (unpaired) electrons. The van der Waals surface area contributed by atoms with Crippen molar-refractivity contribution in [3.05, 3.63) is 72.7 Å². The summed E-state index contributed by atoms with van der Waals surface area (Å²) in [5, 5.41) is 11.3. The van der Waals surface area contributed by atoms with E-state index in [2.05, 4.69) is 35.9 Å². The molecule has 3 N–H and O–H groups in total. The summed E-state index contributed by atoms with van der Waals surface area (Å²) in [6.45, 7) is 3.87. The Balaban J connectivity index is 1.21. The quantitative estimate of drug-likeness (QED) is 0.203. The van der Waals surface area contributed by atoms with Gasteiger partial charge in [0.2, 0.25) is 0 Å². The van der Waals surface area contributed by atoms with Crippen LogP contribution in [0.2, 0.25) is 0 Å². The number of hydrogen-bond donors (Lipinski definition) is 3. The number of rotatable bonds is 8. The first-order valence-corrected chi connectivity index (χ1v) is 13.8. The Hall–Kier alpha value is -4.35. The van der Waals surface area contributed by atoms with Gasteiger partial charge in [-0.2, -0.15) is 0 Å². The Bertz CT molecular complexity index is 1640. The molecule has 0 atom stereocenters. The topological polar surface area (TPSA) is 106 Å². The number of nitrogens with zero attached hydrogens (tertiary/aromatic N) is 4. The lowest BCUT2D eigenvalue weighted by atomic mass is 10.1. The summed E-state index contributed by atoms with van der Waals surface area (Å²) in [6, 6.07) is 12.7. The Kier molecular flexibility index (Phi) is 7.39. The Morgan fingerprint density at radius 2 is 1.85 bits per heavy atom. The van der Waals surface area contributed by atoms with Crippen molar-refractivity contribution in [1.82, 2.24) is 25.3 Å². The van der Waals surface area contributed by atoms with Crippen molar-refractivity contribution in [2.45, 2.75) is 25.8 Å². The van der Waals surface area contributed by atoms with Gasteiger partial charge in [0, 0.05) is 47.2 Å². The van der Waals surface area contributed by atoms with Gasteiger partial charge in [0.05, 0.1) is 28.9 Å². The van der Waals surface area contributed by atoms with Crippen LogP contribution in [0.3, 0.4) is 0 Å². The second-order valence-electron chi connectivity index (χ2n) is 9.51. The van der Waals surface area contributed by atoms with Gasteiger partial charge >= 0.3 is 0 Å². The zero-order valence-corrected chi connectivity index (χ0v) is 22.9. The monoisotopic (exact) mass is 557 g/mol. The van der Waals surface area contributed by atoms with E-state index in [-0.39, 0.29) is 5.69 Å². The molecule has 0 unspecified atom stereocenters. The van der Waals surface area contributed by atoms with Gasteiger partial charge in [-0.3, -0.25) is 4.98 Å². The fraction of sp³-hybridized carbons (Fsp3) is 0.241. The molecule has 1 aliphatic heterocycles. The van der Waals surface area contributed by atoms with Gasteiger partial charge in [-0.25, -0.2) is 19.3 Å². The van der Waals surface area contributed by atoms with Crippen molar-refractivity contribution in [2.24, 2.45) is 0 Å². The molecule has 6 rings (SSSR count). The van der Waals surface area contributed by atoms with E-state index < -0.39 is 5.82 Å². The van der Waals surface area contributed by atoms with E-state index in [1.165, 1.54) is 23.7 Å². The van der Waals surface area contributed by atoms with Crippen LogP contribution in [0.1, 0.15) is 18.5 Å². The highest BCUT2D eigenvalue weighted by atomic mass is 32.1. The van der Waals surface area contributed by atoms with Gasteiger partial charge < -0.3 is 25.4 Å². The number of aryl methyl sites for hydroxylation is 1. The molecule has 1 fully saturated rings. The minimum atomic E-state index is -0.481. The highest BCUT2D eigenvalue weighted by Crippen LogP contribution is 2.36. The predicted octanol–water partition coefficient (Wildman–Crippen LogP) is 6.30. The first-order chi connectivity index (χ1) is 19.6. The van der Waals surface area contributed by atoms with Crippen molar-refractivity contribution in [2.75, 3.05) is 30.8 Å². The number of ether oxygens (including phenoxy) is 2. The number of halogens is 1. The minimum Gasteiger partial charge on any atom is -0.495 e. The maximum Gasteiger partial charge on any atom is 0.279 e. The van der Waals surface area contributed by atoms with Crippen LogP contribution in [-0.2, 0) is 0 Å². The third kappa shape index (κ3) is 5.65. The number of nitrogens with one attached hydrogen (secondary N) is 3.